The molecule has 0 bridgehead atoms. The summed E-state index contributed by atoms with van der Waals surface area (Å²) in [6.45, 7) is 0.528. The number of nitrogens with two attached hydrogens (primary N) is 1. The van der Waals surface area contributed by atoms with Crippen molar-refractivity contribution in [3.63, 3.8) is 0 Å². The Morgan fingerprint density at radius 3 is 2.76 bits per heavy atom. The second-order valence-corrected chi connectivity index (χ2v) is 5.32. The van der Waals surface area contributed by atoms with Crippen LogP contribution in [-0.2, 0) is 6.42 Å². The average Bonchev–Trinajstić information content (AvgIpc) is 2.50. The summed E-state index contributed by atoms with van der Waals surface area (Å²) in [5.41, 5.74) is 7.92. The van der Waals surface area contributed by atoms with Crippen molar-refractivity contribution in [3.05, 3.63) is 58.1 Å². The van der Waals surface area contributed by atoms with Crippen LogP contribution in [0, 0.1) is 0 Å². The first-order chi connectivity index (χ1) is 10.1. The van der Waals surface area contributed by atoms with E-state index in [2.05, 4.69) is 21.2 Å². The van der Waals surface area contributed by atoms with Crippen molar-refractivity contribution in [1.29, 1.82) is 0 Å². The first-order valence-corrected chi connectivity index (χ1v) is 7.37. The number of hydrogen-bond donors (Lipinski definition) is 2. The van der Waals surface area contributed by atoms with E-state index in [4.69, 9.17) is 10.5 Å². The van der Waals surface area contributed by atoms with E-state index in [9.17, 15) is 4.79 Å². The second kappa shape index (κ2) is 7.13. The van der Waals surface area contributed by atoms with Gasteiger partial charge in [0.25, 0.3) is 5.91 Å². The number of methoxy groups -OCH3 is 1. The molecular weight excluding hydrogens is 332 g/mol. The standard InChI is InChI=1S/C16H17BrN2O2/c1-21-14-8-3-2-5-11(14)9-10-19-16(20)12-6-4-7-13(18)15(12)17/h2-8H,9-10,18H2,1H3,(H,19,20). The molecule has 0 saturated heterocycles. The fourth-order valence-electron chi connectivity index (χ4n) is 2.04. The third kappa shape index (κ3) is 3.76. The molecule has 2 aromatic carbocycles. The van der Waals surface area contributed by atoms with E-state index in [1.54, 1.807) is 25.3 Å². The highest BCUT2D eigenvalue weighted by atomic mass is 79.9. The summed E-state index contributed by atoms with van der Waals surface area (Å²) >= 11 is 3.33. The van der Waals surface area contributed by atoms with Gasteiger partial charge in [-0.15, -0.1) is 0 Å². The zero-order valence-electron chi connectivity index (χ0n) is 11.7. The molecule has 21 heavy (non-hydrogen) atoms. The van der Waals surface area contributed by atoms with Crippen molar-refractivity contribution in [3.8, 4) is 5.75 Å². The zero-order chi connectivity index (χ0) is 15.2. The average molecular weight is 349 g/mol. The highest BCUT2D eigenvalue weighted by Crippen LogP contribution is 2.23. The van der Waals surface area contributed by atoms with E-state index in [1.165, 1.54) is 0 Å². The summed E-state index contributed by atoms with van der Waals surface area (Å²) < 4.78 is 5.91. The first kappa shape index (κ1) is 15.4. The van der Waals surface area contributed by atoms with E-state index in [0.29, 0.717) is 28.7 Å². The fraction of sp³-hybridized carbons (Fsp3) is 0.188. The maximum atomic E-state index is 12.1. The highest BCUT2D eigenvalue weighted by molar-refractivity contribution is 9.10. The van der Waals surface area contributed by atoms with Crippen LogP contribution in [0.5, 0.6) is 5.75 Å². The minimum atomic E-state index is -0.149. The number of ether oxygens (including phenoxy) is 1. The summed E-state index contributed by atoms with van der Waals surface area (Å²) in [5, 5.41) is 2.89. The Labute approximate surface area is 132 Å². The number of nitrogens with one attached hydrogen (secondary N) is 1. The Morgan fingerprint density at radius 2 is 2.00 bits per heavy atom. The van der Waals surface area contributed by atoms with E-state index >= 15 is 0 Å². The largest absolute Gasteiger partial charge is 0.496 e. The van der Waals surface area contributed by atoms with Crippen LogP contribution in [0.2, 0.25) is 0 Å². The number of halogens is 1. The van der Waals surface area contributed by atoms with E-state index in [0.717, 1.165) is 11.3 Å². The van der Waals surface area contributed by atoms with Gasteiger partial charge in [0.2, 0.25) is 0 Å². The maximum Gasteiger partial charge on any atom is 0.252 e. The lowest BCUT2D eigenvalue weighted by molar-refractivity contribution is 0.0953. The molecule has 0 aliphatic carbocycles. The minimum Gasteiger partial charge on any atom is -0.496 e. The predicted octanol–water partition coefficient (Wildman–Crippen LogP) is 3.01. The van der Waals surface area contributed by atoms with Crippen molar-refractivity contribution in [2.45, 2.75) is 6.42 Å². The molecule has 0 fully saturated rings. The van der Waals surface area contributed by atoms with Gasteiger partial charge in [-0.25, -0.2) is 0 Å². The third-order valence-corrected chi connectivity index (χ3v) is 4.03. The Bertz CT molecular complexity index is 644. The minimum absolute atomic E-state index is 0.149. The molecule has 4 nitrogen and oxygen atoms in total. The van der Waals surface area contributed by atoms with Crippen molar-refractivity contribution < 1.29 is 9.53 Å². The van der Waals surface area contributed by atoms with Gasteiger partial charge in [0.1, 0.15) is 5.75 Å². The van der Waals surface area contributed by atoms with Gasteiger partial charge in [0.15, 0.2) is 0 Å². The molecular formula is C16H17BrN2O2. The summed E-state index contributed by atoms with van der Waals surface area (Å²) in [7, 11) is 1.64. The Balaban J connectivity index is 1.97. The molecule has 0 spiro atoms. The molecule has 5 heteroatoms. The van der Waals surface area contributed by atoms with Crippen LogP contribution in [0.4, 0.5) is 5.69 Å². The van der Waals surface area contributed by atoms with Gasteiger partial charge in [-0.05, 0) is 46.1 Å². The number of para-hydroxylation sites is 1. The van der Waals surface area contributed by atoms with Crippen molar-refractivity contribution >= 4 is 27.5 Å². The van der Waals surface area contributed by atoms with Crippen LogP contribution >= 0.6 is 15.9 Å². The van der Waals surface area contributed by atoms with Crippen LogP contribution in [0.3, 0.4) is 0 Å². The molecule has 0 aliphatic heterocycles. The van der Waals surface area contributed by atoms with Crippen molar-refractivity contribution in [1.82, 2.24) is 5.32 Å². The SMILES string of the molecule is COc1ccccc1CCNC(=O)c1cccc(N)c1Br. The molecule has 2 aromatic rings. The fourth-order valence-corrected chi connectivity index (χ4v) is 2.49. The van der Waals surface area contributed by atoms with Crippen LogP contribution < -0.4 is 15.8 Å². The molecule has 0 aliphatic rings. The van der Waals surface area contributed by atoms with E-state index in [-0.39, 0.29) is 5.91 Å². The maximum absolute atomic E-state index is 12.1. The molecule has 0 radical (unpaired) electrons. The Hall–Kier alpha value is -2.01. The van der Waals surface area contributed by atoms with Crippen LogP contribution in [0.1, 0.15) is 15.9 Å². The molecule has 0 aromatic heterocycles. The van der Waals surface area contributed by atoms with Gasteiger partial charge in [-0.2, -0.15) is 0 Å². The van der Waals surface area contributed by atoms with E-state index < -0.39 is 0 Å². The number of anilines is 1. The summed E-state index contributed by atoms with van der Waals surface area (Å²) in [4.78, 5) is 12.1. The van der Waals surface area contributed by atoms with Gasteiger partial charge < -0.3 is 15.8 Å². The van der Waals surface area contributed by atoms with Crippen molar-refractivity contribution in [2.75, 3.05) is 19.4 Å². The normalized spacial score (nSPS) is 10.2. The summed E-state index contributed by atoms with van der Waals surface area (Å²) in [6.07, 6.45) is 0.704. The van der Waals surface area contributed by atoms with Gasteiger partial charge in [0, 0.05) is 12.2 Å². The lowest BCUT2D eigenvalue weighted by Gasteiger charge is -2.10. The van der Waals surface area contributed by atoms with Gasteiger partial charge >= 0.3 is 0 Å². The zero-order valence-corrected chi connectivity index (χ0v) is 13.3. The summed E-state index contributed by atoms with van der Waals surface area (Å²) in [5.74, 6) is 0.681. The smallest absolute Gasteiger partial charge is 0.252 e. The molecule has 2 rings (SSSR count). The molecule has 0 heterocycles. The van der Waals surface area contributed by atoms with Crippen molar-refractivity contribution in [2.24, 2.45) is 0 Å². The van der Waals surface area contributed by atoms with E-state index in [1.807, 2.05) is 24.3 Å². The number of rotatable bonds is 5. The lowest BCUT2D eigenvalue weighted by atomic mass is 10.1. The Morgan fingerprint density at radius 1 is 1.24 bits per heavy atom. The predicted molar refractivity (Wildman–Crippen MR) is 87.6 cm³/mol. The molecule has 1 amide bonds. The highest BCUT2D eigenvalue weighted by Gasteiger charge is 2.11. The van der Waals surface area contributed by atoms with Gasteiger partial charge in [-0.3, -0.25) is 4.79 Å². The molecule has 0 saturated carbocycles. The van der Waals surface area contributed by atoms with Gasteiger partial charge in [-0.1, -0.05) is 24.3 Å². The third-order valence-electron chi connectivity index (χ3n) is 3.15. The lowest BCUT2D eigenvalue weighted by Crippen LogP contribution is -2.26. The molecule has 0 atom stereocenters. The first-order valence-electron chi connectivity index (χ1n) is 6.57. The number of nitrogen functional groups attached to an aromatic ring is 1. The number of hydrogen-bond acceptors (Lipinski definition) is 3. The van der Waals surface area contributed by atoms with Crippen LogP contribution in [-0.4, -0.2) is 19.6 Å². The van der Waals surface area contributed by atoms with Crippen LogP contribution in [0.25, 0.3) is 0 Å². The second-order valence-electron chi connectivity index (χ2n) is 4.53. The topological polar surface area (TPSA) is 64.3 Å². The molecule has 110 valence electrons. The van der Waals surface area contributed by atoms with Gasteiger partial charge in [0.05, 0.1) is 17.1 Å². The summed E-state index contributed by atoms with van der Waals surface area (Å²) in [6, 6.07) is 13.0. The molecule has 0 unspecified atom stereocenters. The monoisotopic (exact) mass is 348 g/mol. The molecule has 3 N–H and O–H groups in total. The number of benzene rings is 2. The number of carbonyl (C=O) groups is 1. The Kier molecular flexibility index (Phi) is 5.22. The quantitative estimate of drug-likeness (QED) is 0.816. The van der Waals surface area contributed by atoms with Crippen LogP contribution in [0.15, 0.2) is 46.9 Å². The number of carbonyl (C=O) groups excluding carboxylic acids is 1. The number of amides is 1.